The van der Waals surface area contributed by atoms with Crippen LogP contribution in [0.2, 0.25) is 0 Å². The highest BCUT2D eigenvalue weighted by Gasteiger charge is 2.38. The number of unbranched alkanes of at least 4 members (excludes halogenated alkanes) is 2. The van der Waals surface area contributed by atoms with E-state index in [0.29, 0.717) is 62.4 Å². The summed E-state index contributed by atoms with van der Waals surface area (Å²) in [6.45, 7) is 19.7. The fourth-order valence-electron chi connectivity index (χ4n) is 8.36. The molecule has 3 aromatic carbocycles. The molecule has 1 fully saturated rings. The summed E-state index contributed by atoms with van der Waals surface area (Å²) in [5.41, 5.74) is 18.6. The fourth-order valence-corrected chi connectivity index (χ4v) is 8.36. The molecule has 0 atom stereocenters. The Morgan fingerprint density at radius 2 is 1.17 bits per heavy atom. The average Bonchev–Trinajstić information content (AvgIpc) is 3.29. The van der Waals surface area contributed by atoms with Crippen LogP contribution in [0.15, 0.2) is 85.0 Å². The van der Waals surface area contributed by atoms with Crippen molar-refractivity contribution in [1.29, 1.82) is 0 Å². The number of esters is 3. The lowest BCUT2D eigenvalue weighted by atomic mass is 9.77. The summed E-state index contributed by atoms with van der Waals surface area (Å²) >= 11 is 0. The molecule has 0 bridgehead atoms. The third-order valence-electron chi connectivity index (χ3n) is 12.3. The van der Waals surface area contributed by atoms with Crippen LogP contribution < -0.4 is 16.2 Å². The zero-order chi connectivity index (χ0) is 46.8. The summed E-state index contributed by atoms with van der Waals surface area (Å²) in [5.74, 6) is -0.383. The summed E-state index contributed by atoms with van der Waals surface area (Å²) in [6.07, 6.45) is 13.1. The molecule has 0 unspecified atom stereocenters. The number of aryl methyl sites for hydroxylation is 3. The van der Waals surface area contributed by atoms with Crippen molar-refractivity contribution >= 4 is 17.9 Å². The summed E-state index contributed by atoms with van der Waals surface area (Å²) < 4.78 is 39.7. The van der Waals surface area contributed by atoms with Crippen LogP contribution in [-0.2, 0) is 47.9 Å². The molecule has 0 heterocycles. The molecular weight excluding hydrogens is 808 g/mol. The number of ether oxygens (including phenoxy) is 4. The van der Waals surface area contributed by atoms with Gasteiger partial charge in [0.1, 0.15) is 43.4 Å². The number of carbonyl (C=O) groups is 3. The zero-order valence-corrected chi connectivity index (χ0v) is 39.2. The van der Waals surface area contributed by atoms with Gasteiger partial charge in [0, 0.05) is 22.3 Å². The van der Waals surface area contributed by atoms with Crippen LogP contribution in [0.4, 0.5) is 4.39 Å². The Kier molecular flexibility index (Phi) is 20.5. The van der Waals surface area contributed by atoms with Crippen LogP contribution >= 0.6 is 0 Å². The third-order valence-corrected chi connectivity index (χ3v) is 12.3. The van der Waals surface area contributed by atoms with Gasteiger partial charge in [0.25, 0.3) is 0 Å². The van der Waals surface area contributed by atoms with Gasteiger partial charge in [-0.05, 0) is 161 Å². The van der Waals surface area contributed by atoms with Crippen LogP contribution in [0.5, 0.6) is 5.75 Å². The highest BCUT2D eigenvalue weighted by atomic mass is 19.1. The molecule has 0 spiro atoms. The van der Waals surface area contributed by atoms with Gasteiger partial charge in [0.05, 0.1) is 0 Å². The highest BCUT2D eigenvalue weighted by molar-refractivity contribution is 5.88. The number of benzene rings is 3. The number of hydrogen-bond acceptors (Lipinski definition) is 9. The van der Waals surface area contributed by atoms with E-state index in [-0.39, 0.29) is 49.0 Å². The third kappa shape index (κ3) is 14.7. The molecule has 0 aromatic heterocycles. The van der Waals surface area contributed by atoms with Gasteiger partial charge in [-0.1, -0.05) is 89.6 Å². The van der Waals surface area contributed by atoms with Gasteiger partial charge in [-0.15, -0.1) is 0 Å². The summed E-state index contributed by atoms with van der Waals surface area (Å²) in [6, 6.07) is 16.3. The molecule has 0 radical (unpaired) electrons. The van der Waals surface area contributed by atoms with Crippen LogP contribution in [0.25, 0.3) is 22.3 Å². The van der Waals surface area contributed by atoms with Crippen molar-refractivity contribution in [3.63, 3.8) is 0 Å². The molecule has 1 aliphatic carbocycles. The summed E-state index contributed by atoms with van der Waals surface area (Å²) in [7, 11) is 0. The van der Waals surface area contributed by atoms with Gasteiger partial charge < -0.3 is 30.4 Å². The minimum Gasteiger partial charge on any atom is -0.492 e. The standard InChI is InChI=1S/C54H73FN2O7/c1-9-11-12-15-39-18-20-41(21-19-39)43-23-25-48(49(55)31-43)47-24-22-42(28-40(47)10-2)46-29-44(16-13-26-56)50(45(30-46)17-14-27-57)61-32-54(33-62-51(58)36(3)4,34-63-52(59)37(5)6)35-64-53(60)38(7)8/h22-25,28-31,39,41H,3,5,7,9-21,26-27,32-35,56-57H2,1-2,4,6,8H3. The normalized spacial score (nSPS) is 15.0. The molecule has 0 aliphatic heterocycles. The number of nitrogens with two attached hydrogens (primary N) is 2. The summed E-state index contributed by atoms with van der Waals surface area (Å²) in [5, 5.41) is 0. The molecule has 9 nitrogen and oxygen atoms in total. The first-order valence-electron chi connectivity index (χ1n) is 23.2. The molecule has 348 valence electrons. The van der Waals surface area contributed by atoms with Crippen LogP contribution in [0, 0.1) is 17.2 Å². The minimum atomic E-state index is -1.34. The lowest BCUT2D eigenvalue weighted by Gasteiger charge is -2.33. The molecule has 4 N–H and O–H groups in total. The zero-order valence-electron chi connectivity index (χ0n) is 39.2. The molecule has 0 amide bonds. The second-order valence-corrected chi connectivity index (χ2v) is 17.9. The Balaban J connectivity index is 1.71. The molecule has 4 rings (SSSR count). The number of halogens is 1. The predicted molar refractivity (Wildman–Crippen MR) is 255 cm³/mol. The lowest BCUT2D eigenvalue weighted by Crippen LogP contribution is -2.44. The van der Waals surface area contributed by atoms with Gasteiger partial charge in [-0.25, -0.2) is 18.8 Å². The first kappa shape index (κ1) is 51.6. The van der Waals surface area contributed by atoms with Gasteiger partial charge in [-0.2, -0.15) is 0 Å². The van der Waals surface area contributed by atoms with Crippen molar-refractivity contribution in [1.82, 2.24) is 0 Å². The quantitative estimate of drug-likeness (QED) is 0.0349. The van der Waals surface area contributed by atoms with E-state index in [0.717, 1.165) is 57.7 Å². The molecule has 1 aliphatic rings. The maximum absolute atomic E-state index is 16.1. The van der Waals surface area contributed by atoms with E-state index in [9.17, 15) is 14.4 Å². The minimum absolute atomic E-state index is 0.166. The Morgan fingerprint density at radius 3 is 1.64 bits per heavy atom. The van der Waals surface area contributed by atoms with Crippen molar-refractivity contribution in [2.24, 2.45) is 22.8 Å². The maximum Gasteiger partial charge on any atom is 0.333 e. The van der Waals surface area contributed by atoms with E-state index >= 15 is 4.39 Å². The van der Waals surface area contributed by atoms with E-state index in [1.54, 1.807) is 6.07 Å². The van der Waals surface area contributed by atoms with E-state index in [4.69, 9.17) is 30.4 Å². The molecule has 64 heavy (non-hydrogen) atoms. The van der Waals surface area contributed by atoms with Crippen molar-refractivity contribution in [3.05, 3.63) is 113 Å². The van der Waals surface area contributed by atoms with Crippen molar-refractivity contribution in [2.75, 3.05) is 39.5 Å². The van der Waals surface area contributed by atoms with Crippen LogP contribution in [0.3, 0.4) is 0 Å². The lowest BCUT2D eigenvalue weighted by molar-refractivity contribution is -0.159. The number of rotatable bonds is 26. The number of hydrogen-bond donors (Lipinski definition) is 2. The van der Waals surface area contributed by atoms with Crippen molar-refractivity contribution in [2.45, 2.75) is 124 Å². The van der Waals surface area contributed by atoms with E-state index in [1.807, 2.05) is 18.2 Å². The molecule has 3 aromatic rings. The Labute approximate surface area is 381 Å². The smallest absolute Gasteiger partial charge is 0.333 e. The SMILES string of the molecule is C=C(C)C(=O)OCC(COC(=O)C(=C)C)(COC(=O)C(=C)C)COc1c(CCCN)cc(-c2ccc(-c3ccc(C4CCC(CCCCC)CC4)cc3F)c(CC)c2)cc1CCCN. The molecule has 0 saturated heterocycles. The van der Waals surface area contributed by atoms with Crippen LogP contribution in [-0.4, -0.2) is 57.4 Å². The monoisotopic (exact) mass is 881 g/mol. The van der Waals surface area contributed by atoms with E-state index < -0.39 is 23.3 Å². The fraction of sp³-hybridized carbons (Fsp3) is 0.500. The molecule has 10 heteroatoms. The Bertz CT molecular complexity index is 2000. The van der Waals surface area contributed by atoms with E-state index in [1.165, 1.54) is 59.3 Å². The second-order valence-electron chi connectivity index (χ2n) is 17.9. The number of carbonyl (C=O) groups excluding carboxylic acids is 3. The topological polar surface area (TPSA) is 140 Å². The second kappa shape index (κ2) is 25.4. The first-order chi connectivity index (χ1) is 30.6. The van der Waals surface area contributed by atoms with Gasteiger partial charge in [0.2, 0.25) is 0 Å². The van der Waals surface area contributed by atoms with E-state index in [2.05, 4.69) is 57.8 Å². The van der Waals surface area contributed by atoms with Gasteiger partial charge >= 0.3 is 17.9 Å². The Hall–Kier alpha value is -5.06. The average molecular weight is 881 g/mol. The largest absolute Gasteiger partial charge is 0.492 e. The van der Waals surface area contributed by atoms with Crippen molar-refractivity contribution < 1.29 is 37.7 Å². The van der Waals surface area contributed by atoms with Gasteiger partial charge in [-0.3, -0.25) is 0 Å². The Morgan fingerprint density at radius 1 is 0.656 bits per heavy atom. The molecular formula is C54H73FN2O7. The van der Waals surface area contributed by atoms with Crippen LogP contribution in [0.1, 0.15) is 127 Å². The van der Waals surface area contributed by atoms with Gasteiger partial charge in [0.15, 0.2) is 0 Å². The molecule has 1 saturated carbocycles. The predicted octanol–water partition coefficient (Wildman–Crippen LogP) is 11.1. The van der Waals surface area contributed by atoms with Crippen molar-refractivity contribution in [3.8, 4) is 28.0 Å². The summed E-state index contributed by atoms with van der Waals surface area (Å²) in [4.78, 5) is 38.1. The highest BCUT2D eigenvalue weighted by Crippen LogP contribution is 2.41. The maximum atomic E-state index is 16.1. The first-order valence-corrected chi connectivity index (χ1v) is 23.2.